The van der Waals surface area contributed by atoms with Gasteiger partial charge in [0.05, 0.1) is 27.7 Å². The van der Waals surface area contributed by atoms with Crippen molar-refractivity contribution < 1.29 is 0 Å². The summed E-state index contributed by atoms with van der Waals surface area (Å²) in [4.78, 5) is 9.81. The molecular weight excluding hydrogens is 358 g/mol. The van der Waals surface area contributed by atoms with Crippen LogP contribution in [0.5, 0.6) is 0 Å². The van der Waals surface area contributed by atoms with Gasteiger partial charge in [-0.1, -0.05) is 41.5 Å². The molecule has 3 aromatic heterocycles. The van der Waals surface area contributed by atoms with Crippen LogP contribution in [0.2, 0.25) is 0 Å². The van der Waals surface area contributed by atoms with Crippen molar-refractivity contribution in [1.29, 1.82) is 10.5 Å². The number of aromatic nitrogens is 3. The third-order valence-electron chi connectivity index (χ3n) is 5.25. The van der Waals surface area contributed by atoms with Gasteiger partial charge in [0.15, 0.2) is 0 Å². The first-order valence-corrected chi connectivity index (χ1v) is 9.66. The summed E-state index contributed by atoms with van der Waals surface area (Å²) in [6.07, 6.45) is 0. The van der Waals surface area contributed by atoms with Crippen molar-refractivity contribution in [3.8, 4) is 12.1 Å². The standard InChI is InChI=1S/C24H23N5/c1-23(2,3)20-8-7-16-17(27-20)11-21(24(4,5)6)29-19-10-15(13-26)14(12-25)9-18(19)28-22(16)29/h7-11H,1-6H3. The molecule has 5 nitrogen and oxygen atoms in total. The average Bonchev–Trinajstić information content (AvgIpc) is 3.02. The normalized spacial score (nSPS) is 12.4. The third kappa shape index (κ3) is 2.91. The van der Waals surface area contributed by atoms with E-state index in [1.807, 2.05) is 0 Å². The van der Waals surface area contributed by atoms with Crippen LogP contribution in [0, 0.1) is 22.7 Å². The summed E-state index contributed by atoms with van der Waals surface area (Å²) in [7, 11) is 0. The fraction of sp³-hybridized carbons (Fsp3) is 0.333. The Kier molecular flexibility index (Phi) is 3.93. The first-order chi connectivity index (χ1) is 13.5. The molecule has 144 valence electrons. The zero-order chi connectivity index (χ0) is 21.1. The quantitative estimate of drug-likeness (QED) is 0.410. The highest BCUT2D eigenvalue weighted by Gasteiger charge is 2.24. The Morgan fingerprint density at radius 2 is 1.45 bits per heavy atom. The van der Waals surface area contributed by atoms with Gasteiger partial charge >= 0.3 is 0 Å². The smallest absolute Gasteiger partial charge is 0.147 e. The van der Waals surface area contributed by atoms with Gasteiger partial charge in [0.2, 0.25) is 0 Å². The zero-order valence-electron chi connectivity index (χ0n) is 17.6. The molecule has 1 aromatic carbocycles. The molecule has 0 spiro atoms. The van der Waals surface area contributed by atoms with Crippen LogP contribution in [0.4, 0.5) is 0 Å². The van der Waals surface area contributed by atoms with Gasteiger partial charge in [-0.15, -0.1) is 0 Å². The van der Waals surface area contributed by atoms with E-state index in [0.717, 1.165) is 33.5 Å². The molecular formula is C24H23N5. The zero-order valence-corrected chi connectivity index (χ0v) is 17.6. The average molecular weight is 381 g/mol. The van der Waals surface area contributed by atoms with Gasteiger partial charge in [0.25, 0.3) is 0 Å². The second kappa shape index (κ2) is 6.03. The van der Waals surface area contributed by atoms with E-state index in [0.29, 0.717) is 16.6 Å². The molecule has 5 heteroatoms. The second-order valence-corrected chi connectivity index (χ2v) is 9.54. The Bertz CT molecular complexity index is 1380. The Morgan fingerprint density at radius 1 is 0.793 bits per heavy atom. The van der Waals surface area contributed by atoms with Gasteiger partial charge in [-0.05, 0) is 30.3 Å². The summed E-state index contributed by atoms with van der Waals surface area (Å²) < 4.78 is 2.11. The highest BCUT2D eigenvalue weighted by atomic mass is 15.0. The Hall–Kier alpha value is -3.44. The second-order valence-electron chi connectivity index (χ2n) is 9.54. The van der Waals surface area contributed by atoms with Crippen molar-refractivity contribution in [2.75, 3.05) is 0 Å². The van der Waals surface area contributed by atoms with Crippen LogP contribution in [0.25, 0.3) is 27.6 Å². The topological polar surface area (TPSA) is 77.8 Å². The van der Waals surface area contributed by atoms with Crippen molar-refractivity contribution >= 4 is 27.6 Å². The maximum absolute atomic E-state index is 9.49. The Morgan fingerprint density at radius 3 is 2.03 bits per heavy atom. The summed E-state index contributed by atoms with van der Waals surface area (Å²) in [5.74, 6) is 0. The molecule has 0 aliphatic carbocycles. The molecule has 0 bridgehead atoms. The predicted molar refractivity (Wildman–Crippen MR) is 115 cm³/mol. The molecule has 0 saturated carbocycles. The van der Waals surface area contributed by atoms with Gasteiger partial charge in [0, 0.05) is 27.6 Å². The summed E-state index contributed by atoms with van der Waals surface area (Å²) >= 11 is 0. The number of hydrogen-bond donors (Lipinski definition) is 0. The molecule has 0 radical (unpaired) electrons. The molecule has 0 unspecified atom stereocenters. The highest BCUT2D eigenvalue weighted by Crippen LogP contribution is 2.34. The summed E-state index contributed by atoms with van der Waals surface area (Å²) in [6, 6.07) is 14.0. The number of imidazole rings is 1. The fourth-order valence-corrected chi connectivity index (χ4v) is 3.67. The lowest BCUT2D eigenvalue weighted by atomic mass is 9.89. The minimum atomic E-state index is -0.166. The fourth-order valence-electron chi connectivity index (χ4n) is 3.67. The maximum Gasteiger partial charge on any atom is 0.147 e. The van der Waals surface area contributed by atoms with E-state index in [4.69, 9.17) is 9.97 Å². The minimum absolute atomic E-state index is 0.0499. The molecule has 0 atom stereocenters. The molecule has 4 aromatic rings. The van der Waals surface area contributed by atoms with Gasteiger partial charge < -0.3 is 0 Å². The van der Waals surface area contributed by atoms with Gasteiger partial charge in [-0.2, -0.15) is 10.5 Å². The molecule has 0 aliphatic heterocycles. The third-order valence-corrected chi connectivity index (χ3v) is 5.25. The number of fused-ring (bicyclic) bond motifs is 5. The van der Waals surface area contributed by atoms with Crippen molar-refractivity contribution in [3.05, 3.63) is 52.8 Å². The van der Waals surface area contributed by atoms with Crippen LogP contribution in [-0.4, -0.2) is 14.4 Å². The van der Waals surface area contributed by atoms with Crippen LogP contribution >= 0.6 is 0 Å². The summed E-state index contributed by atoms with van der Waals surface area (Å²) in [6.45, 7) is 12.9. The van der Waals surface area contributed by atoms with Crippen LogP contribution in [0.3, 0.4) is 0 Å². The van der Waals surface area contributed by atoms with Crippen molar-refractivity contribution in [3.63, 3.8) is 0 Å². The largest absolute Gasteiger partial charge is 0.295 e. The van der Waals surface area contributed by atoms with Gasteiger partial charge in [-0.3, -0.25) is 9.38 Å². The van der Waals surface area contributed by atoms with E-state index in [1.54, 1.807) is 12.1 Å². The first kappa shape index (κ1) is 18.9. The molecule has 0 N–H and O–H groups in total. The summed E-state index contributed by atoms with van der Waals surface area (Å²) in [5.41, 5.74) is 5.84. The molecule has 0 saturated heterocycles. The Labute approximate surface area is 170 Å². The number of nitriles is 2. The lowest BCUT2D eigenvalue weighted by Gasteiger charge is -2.23. The first-order valence-electron chi connectivity index (χ1n) is 9.66. The molecule has 4 rings (SSSR count). The van der Waals surface area contributed by atoms with Gasteiger partial charge in [0.1, 0.15) is 17.8 Å². The molecule has 0 amide bonds. The van der Waals surface area contributed by atoms with E-state index in [1.165, 1.54) is 0 Å². The summed E-state index contributed by atoms with van der Waals surface area (Å²) in [5, 5.41) is 19.8. The lowest BCUT2D eigenvalue weighted by Crippen LogP contribution is -2.17. The minimum Gasteiger partial charge on any atom is -0.295 e. The van der Waals surface area contributed by atoms with E-state index >= 15 is 0 Å². The van der Waals surface area contributed by atoms with Crippen LogP contribution in [-0.2, 0) is 10.8 Å². The predicted octanol–water partition coefficient (Wildman–Crippen LogP) is 5.37. The van der Waals surface area contributed by atoms with Crippen molar-refractivity contribution in [2.45, 2.75) is 52.4 Å². The highest BCUT2D eigenvalue weighted by molar-refractivity contribution is 5.97. The van der Waals surface area contributed by atoms with Crippen LogP contribution < -0.4 is 0 Å². The van der Waals surface area contributed by atoms with E-state index in [9.17, 15) is 10.5 Å². The lowest BCUT2D eigenvalue weighted by molar-refractivity contribution is 0.562. The monoisotopic (exact) mass is 381 g/mol. The number of rotatable bonds is 0. The number of pyridine rings is 2. The van der Waals surface area contributed by atoms with E-state index in [-0.39, 0.29) is 10.8 Å². The van der Waals surface area contributed by atoms with Crippen molar-refractivity contribution in [2.24, 2.45) is 0 Å². The van der Waals surface area contributed by atoms with Crippen LogP contribution in [0.15, 0.2) is 30.3 Å². The number of hydrogen-bond acceptors (Lipinski definition) is 4. The van der Waals surface area contributed by atoms with Gasteiger partial charge in [-0.25, -0.2) is 4.98 Å². The molecule has 3 heterocycles. The van der Waals surface area contributed by atoms with Crippen LogP contribution in [0.1, 0.15) is 64.1 Å². The SMILES string of the molecule is CC(C)(C)c1ccc2c(cc(C(C)(C)C)n3c4cc(C#N)c(C#N)cc4nc23)n1. The van der Waals surface area contributed by atoms with Crippen molar-refractivity contribution in [1.82, 2.24) is 14.4 Å². The maximum atomic E-state index is 9.49. The van der Waals surface area contributed by atoms with E-state index < -0.39 is 0 Å². The number of nitrogens with zero attached hydrogens (tertiary/aromatic N) is 5. The Balaban J connectivity index is 2.23. The molecule has 29 heavy (non-hydrogen) atoms. The van der Waals surface area contributed by atoms with E-state index in [2.05, 4.69) is 76.3 Å². The molecule has 0 fully saturated rings. The molecule has 0 aliphatic rings. The number of benzene rings is 1.